The monoisotopic (exact) mass is 359 g/mol. The van der Waals surface area contributed by atoms with E-state index in [2.05, 4.69) is 45.1 Å². The number of hydrogen-bond acceptors (Lipinski definition) is 5. The van der Waals surface area contributed by atoms with Gasteiger partial charge in [0.05, 0.1) is 0 Å². The summed E-state index contributed by atoms with van der Waals surface area (Å²) in [5.74, 6) is 0. The summed E-state index contributed by atoms with van der Waals surface area (Å²) >= 11 is 1.76. The molecule has 1 aromatic heterocycles. The average molecular weight is 360 g/mol. The van der Waals surface area contributed by atoms with Crippen molar-refractivity contribution < 1.29 is 5.11 Å². The van der Waals surface area contributed by atoms with Crippen molar-refractivity contribution in [1.82, 2.24) is 9.88 Å². The van der Waals surface area contributed by atoms with Gasteiger partial charge in [-0.15, -0.1) is 11.3 Å². The molecule has 0 spiro atoms. The van der Waals surface area contributed by atoms with Gasteiger partial charge in [-0.1, -0.05) is 30.3 Å². The van der Waals surface area contributed by atoms with E-state index in [4.69, 9.17) is 0 Å². The molecule has 0 radical (unpaired) electrons. The van der Waals surface area contributed by atoms with Crippen molar-refractivity contribution in [2.45, 2.75) is 32.2 Å². The van der Waals surface area contributed by atoms with Gasteiger partial charge in [-0.3, -0.25) is 4.90 Å². The lowest BCUT2D eigenvalue weighted by Gasteiger charge is -2.42. The molecule has 1 fully saturated rings. The van der Waals surface area contributed by atoms with E-state index in [-0.39, 0.29) is 12.0 Å². The summed E-state index contributed by atoms with van der Waals surface area (Å²) in [6.07, 6.45) is 6.38. The minimum atomic E-state index is 0.0309. The molecule has 1 aromatic carbocycles. The smallest absolute Gasteiger partial charge is 0.185 e. The lowest BCUT2D eigenvalue weighted by Crippen LogP contribution is -2.45. The molecule has 1 aliphatic heterocycles. The zero-order valence-electron chi connectivity index (χ0n) is 15.3. The van der Waals surface area contributed by atoms with E-state index in [0.717, 1.165) is 50.4 Å². The maximum Gasteiger partial charge on any atom is 0.185 e. The predicted octanol–water partition coefficient (Wildman–Crippen LogP) is 3.42. The number of aryl methyl sites for hydroxylation is 1. The number of aliphatic hydroxyl groups is 1. The van der Waals surface area contributed by atoms with Crippen LogP contribution in [0.5, 0.6) is 0 Å². The molecule has 2 aromatic rings. The second kappa shape index (κ2) is 8.30. The van der Waals surface area contributed by atoms with Crippen LogP contribution < -0.4 is 4.90 Å². The van der Waals surface area contributed by atoms with Crippen molar-refractivity contribution >= 4 is 16.5 Å². The van der Waals surface area contributed by atoms with Crippen LogP contribution in [0.2, 0.25) is 0 Å². The summed E-state index contributed by atoms with van der Waals surface area (Å²) in [5, 5.41) is 11.2. The van der Waals surface area contributed by atoms with Crippen LogP contribution in [0, 0.1) is 5.41 Å². The van der Waals surface area contributed by atoms with Crippen LogP contribution in [0.15, 0.2) is 36.5 Å². The first-order valence-electron chi connectivity index (χ1n) is 9.09. The standard InChI is InChI=1S/C20H29N3OS/c1-22(2)19-21-13-18(25-19)14-23-12-6-10-20(15-23,16-24)11-9-17-7-4-3-5-8-17/h3-5,7-8,13,24H,6,9-12,14-16H2,1-2H3. The van der Waals surface area contributed by atoms with Crippen LogP contribution in [-0.2, 0) is 13.0 Å². The first-order valence-corrected chi connectivity index (χ1v) is 9.91. The molecular weight excluding hydrogens is 330 g/mol. The minimum Gasteiger partial charge on any atom is -0.396 e. The fourth-order valence-electron chi connectivity index (χ4n) is 3.71. The lowest BCUT2D eigenvalue weighted by molar-refractivity contribution is 0.0228. The topological polar surface area (TPSA) is 39.6 Å². The summed E-state index contributed by atoms with van der Waals surface area (Å²) in [6.45, 7) is 3.31. The van der Waals surface area contributed by atoms with E-state index in [1.807, 2.05) is 20.3 Å². The van der Waals surface area contributed by atoms with Gasteiger partial charge in [0.2, 0.25) is 0 Å². The highest BCUT2D eigenvalue weighted by Crippen LogP contribution is 2.35. The Morgan fingerprint density at radius 3 is 2.76 bits per heavy atom. The molecule has 0 amide bonds. The van der Waals surface area contributed by atoms with Crippen LogP contribution >= 0.6 is 11.3 Å². The number of likely N-dealkylation sites (tertiary alicyclic amines) is 1. The van der Waals surface area contributed by atoms with E-state index >= 15 is 0 Å². The zero-order chi connectivity index (χ0) is 17.7. The van der Waals surface area contributed by atoms with E-state index in [1.54, 1.807) is 11.3 Å². The molecule has 3 rings (SSSR count). The van der Waals surface area contributed by atoms with Gasteiger partial charge in [-0.05, 0) is 37.8 Å². The predicted molar refractivity (Wildman–Crippen MR) is 105 cm³/mol. The van der Waals surface area contributed by atoms with Gasteiger partial charge >= 0.3 is 0 Å². The first-order chi connectivity index (χ1) is 12.1. The quantitative estimate of drug-likeness (QED) is 0.822. The van der Waals surface area contributed by atoms with Crippen molar-refractivity contribution in [3.05, 3.63) is 47.0 Å². The Morgan fingerprint density at radius 1 is 1.28 bits per heavy atom. The van der Waals surface area contributed by atoms with Gasteiger partial charge in [0.15, 0.2) is 5.13 Å². The van der Waals surface area contributed by atoms with Crippen molar-refractivity contribution in [1.29, 1.82) is 0 Å². The number of anilines is 1. The highest BCUT2D eigenvalue weighted by Gasteiger charge is 2.34. The fourth-order valence-corrected chi connectivity index (χ4v) is 4.58. The largest absolute Gasteiger partial charge is 0.396 e. The second-order valence-electron chi connectivity index (χ2n) is 7.46. The van der Waals surface area contributed by atoms with Crippen LogP contribution in [0.1, 0.15) is 29.7 Å². The Labute approximate surface area is 155 Å². The highest BCUT2D eigenvalue weighted by molar-refractivity contribution is 7.15. The van der Waals surface area contributed by atoms with E-state index in [1.165, 1.54) is 10.4 Å². The molecule has 1 unspecified atom stereocenters. The second-order valence-corrected chi connectivity index (χ2v) is 8.56. The Bertz CT molecular complexity index is 658. The third-order valence-corrected chi connectivity index (χ3v) is 6.32. The number of nitrogens with zero attached hydrogens (tertiary/aromatic N) is 3. The number of thiazole rings is 1. The van der Waals surface area contributed by atoms with Gasteiger partial charge in [0, 0.05) is 50.3 Å². The van der Waals surface area contributed by atoms with Crippen molar-refractivity contribution in [2.75, 3.05) is 38.7 Å². The molecule has 1 atom stereocenters. The van der Waals surface area contributed by atoms with E-state index < -0.39 is 0 Å². The zero-order valence-corrected chi connectivity index (χ0v) is 16.1. The van der Waals surface area contributed by atoms with Gasteiger partial charge in [-0.25, -0.2) is 4.98 Å². The Kier molecular flexibility index (Phi) is 6.10. The summed E-state index contributed by atoms with van der Waals surface area (Å²) < 4.78 is 0. The van der Waals surface area contributed by atoms with Gasteiger partial charge in [0.1, 0.15) is 0 Å². The fraction of sp³-hybridized carbons (Fsp3) is 0.550. The van der Waals surface area contributed by atoms with Gasteiger partial charge in [0.25, 0.3) is 0 Å². The highest BCUT2D eigenvalue weighted by atomic mass is 32.1. The number of piperidine rings is 1. The normalized spacial score (nSPS) is 21.4. The first kappa shape index (κ1) is 18.4. The molecule has 4 nitrogen and oxygen atoms in total. The molecular formula is C20H29N3OS. The number of hydrogen-bond donors (Lipinski definition) is 1. The Hall–Kier alpha value is -1.43. The van der Waals surface area contributed by atoms with Crippen molar-refractivity contribution in [3.63, 3.8) is 0 Å². The molecule has 0 bridgehead atoms. The van der Waals surface area contributed by atoms with Crippen LogP contribution in [0.3, 0.4) is 0 Å². The van der Waals surface area contributed by atoms with Crippen LogP contribution in [0.25, 0.3) is 0 Å². The minimum absolute atomic E-state index is 0.0309. The SMILES string of the molecule is CN(C)c1ncc(CN2CCCC(CO)(CCc3ccccc3)C2)s1. The molecule has 1 aliphatic rings. The molecule has 1 N–H and O–H groups in total. The van der Waals surface area contributed by atoms with Gasteiger partial charge < -0.3 is 10.0 Å². The molecule has 25 heavy (non-hydrogen) atoms. The summed E-state index contributed by atoms with van der Waals surface area (Å²) in [4.78, 5) is 10.3. The van der Waals surface area contributed by atoms with E-state index in [0.29, 0.717) is 0 Å². The third-order valence-electron chi connectivity index (χ3n) is 5.17. The summed E-state index contributed by atoms with van der Waals surface area (Å²) in [5.41, 5.74) is 1.40. The average Bonchev–Trinajstić information content (AvgIpc) is 3.10. The van der Waals surface area contributed by atoms with Gasteiger partial charge in [-0.2, -0.15) is 0 Å². The lowest BCUT2D eigenvalue weighted by atomic mass is 9.76. The Balaban J connectivity index is 1.61. The maximum atomic E-state index is 10.1. The molecule has 136 valence electrons. The Morgan fingerprint density at radius 2 is 2.08 bits per heavy atom. The van der Waals surface area contributed by atoms with Crippen LogP contribution in [-0.4, -0.2) is 48.8 Å². The summed E-state index contributed by atoms with van der Waals surface area (Å²) in [7, 11) is 4.06. The number of aromatic nitrogens is 1. The number of rotatable bonds is 7. The molecule has 0 aliphatic carbocycles. The molecule has 2 heterocycles. The molecule has 0 saturated carbocycles. The van der Waals surface area contributed by atoms with Crippen LogP contribution in [0.4, 0.5) is 5.13 Å². The maximum absolute atomic E-state index is 10.1. The summed E-state index contributed by atoms with van der Waals surface area (Å²) in [6, 6.07) is 10.6. The molecule has 5 heteroatoms. The third kappa shape index (κ3) is 4.81. The van der Waals surface area contributed by atoms with E-state index in [9.17, 15) is 5.11 Å². The number of benzene rings is 1. The van der Waals surface area contributed by atoms with Crippen molar-refractivity contribution in [2.24, 2.45) is 5.41 Å². The van der Waals surface area contributed by atoms with Crippen molar-refractivity contribution in [3.8, 4) is 0 Å². The molecule has 1 saturated heterocycles. The number of aliphatic hydroxyl groups excluding tert-OH is 1.